The van der Waals surface area contributed by atoms with Crippen LogP contribution in [0.3, 0.4) is 0 Å². The molecule has 3 rings (SSSR count). The van der Waals surface area contributed by atoms with Crippen molar-refractivity contribution in [2.75, 3.05) is 39.8 Å². The Morgan fingerprint density at radius 1 is 1.33 bits per heavy atom. The fourth-order valence-electron chi connectivity index (χ4n) is 3.72. The van der Waals surface area contributed by atoms with Crippen molar-refractivity contribution in [3.05, 3.63) is 22.4 Å². The van der Waals surface area contributed by atoms with Gasteiger partial charge < -0.3 is 10.2 Å². The molecular formula is C18H31IN4S. The van der Waals surface area contributed by atoms with Gasteiger partial charge in [0.2, 0.25) is 0 Å². The van der Waals surface area contributed by atoms with Crippen LogP contribution < -0.4 is 5.32 Å². The topological polar surface area (TPSA) is 30.9 Å². The number of halogens is 1. The zero-order valence-electron chi connectivity index (χ0n) is 15.1. The number of hydrogen-bond donors (Lipinski definition) is 1. The number of rotatable bonds is 4. The van der Waals surface area contributed by atoms with Crippen LogP contribution in [0.15, 0.2) is 22.5 Å². The second kappa shape index (κ2) is 8.85. The number of nitrogens with one attached hydrogen (secondary N) is 1. The van der Waals surface area contributed by atoms with Crippen LogP contribution in [0.25, 0.3) is 0 Å². The fourth-order valence-corrected chi connectivity index (χ4v) is 4.57. The summed E-state index contributed by atoms with van der Waals surface area (Å²) in [5.41, 5.74) is 0.137. The van der Waals surface area contributed by atoms with Gasteiger partial charge in [-0.25, -0.2) is 0 Å². The van der Waals surface area contributed by atoms with Crippen LogP contribution in [-0.4, -0.2) is 61.6 Å². The minimum absolute atomic E-state index is 0. The van der Waals surface area contributed by atoms with E-state index < -0.39 is 0 Å². The molecule has 0 radical (unpaired) electrons. The van der Waals surface area contributed by atoms with Crippen LogP contribution in [0.4, 0.5) is 0 Å². The summed E-state index contributed by atoms with van der Waals surface area (Å²) < 4.78 is 0. The third kappa shape index (κ3) is 4.64. The largest absolute Gasteiger partial charge is 0.355 e. The highest BCUT2D eigenvalue weighted by molar-refractivity contribution is 14.0. The molecule has 6 heteroatoms. The number of likely N-dealkylation sites (tertiary alicyclic amines) is 2. The molecule has 1 aromatic rings. The van der Waals surface area contributed by atoms with Gasteiger partial charge in [-0.3, -0.25) is 9.89 Å². The molecule has 2 fully saturated rings. The molecule has 0 saturated carbocycles. The normalized spacial score (nSPS) is 22.7. The Kier molecular flexibility index (Phi) is 7.37. The summed E-state index contributed by atoms with van der Waals surface area (Å²) in [6, 6.07) is 5.09. The lowest BCUT2D eigenvalue weighted by Crippen LogP contribution is -2.46. The maximum absolute atomic E-state index is 4.53. The predicted octanol–water partition coefficient (Wildman–Crippen LogP) is 3.39. The van der Waals surface area contributed by atoms with E-state index in [-0.39, 0.29) is 29.4 Å². The first kappa shape index (κ1) is 20.0. The van der Waals surface area contributed by atoms with Crippen molar-refractivity contribution >= 4 is 41.3 Å². The number of hydrogen-bond acceptors (Lipinski definition) is 3. The molecule has 1 N–H and O–H groups in total. The Labute approximate surface area is 167 Å². The van der Waals surface area contributed by atoms with Crippen LogP contribution in [0.5, 0.6) is 0 Å². The van der Waals surface area contributed by atoms with E-state index in [0.717, 1.165) is 31.6 Å². The van der Waals surface area contributed by atoms with E-state index in [2.05, 4.69) is 51.5 Å². The zero-order valence-corrected chi connectivity index (χ0v) is 18.3. The SMILES string of the molecule is CN=C(NCC(C)(C)c1cccs1)N1CCC(N2CCCC2)C1.I. The molecule has 1 atom stereocenters. The van der Waals surface area contributed by atoms with Gasteiger partial charge in [0.1, 0.15) is 0 Å². The van der Waals surface area contributed by atoms with E-state index >= 15 is 0 Å². The summed E-state index contributed by atoms with van der Waals surface area (Å²) in [4.78, 5) is 11.1. The van der Waals surface area contributed by atoms with Crippen molar-refractivity contribution in [1.82, 2.24) is 15.1 Å². The fraction of sp³-hybridized carbons (Fsp3) is 0.722. The summed E-state index contributed by atoms with van der Waals surface area (Å²) in [5.74, 6) is 1.07. The predicted molar refractivity (Wildman–Crippen MR) is 115 cm³/mol. The first-order valence-corrected chi connectivity index (χ1v) is 9.72. The van der Waals surface area contributed by atoms with E-state index in [1.165, 1.54) is 37.2 Å². The van der Waals surface area contributed by atoms with Crippen LogP contribution in [0.2, 0.25) is 0 Å². The van der Waals surface area contributed by atoms with Crippen molar-refractivity contribution in [2.45, 2.75) is 44.6 Å². The molecule has 0 bridgehead atoms. The average molecular weight is 462 g/mol. The van der Waals surface area contributed by atoms with Gasteiger partial charge in [0.05, 0.1) is 0 Å². The van der Waals surface area contributed by atoms with Gasteiger partial charge in [0.25, 0.3) is 0 Å². The molecule has 3 heterocycles. The Balaban J connectivity index is 0.00000208. The Bertz CT molecular complexity index is 523. The number of thiophene rings is 1. The van der Waals surface area contributed by atoms with E-state index in [1.54, 1.807) is 0 Å². The van der Waals surface area contributed by atoms with Crippen LogP contribution in [-0.2, 0) is 5.41 Å². The van der Waals surface area contributed by atoms with Crippen LogP contribution in [0.1, 0.15) is 38.0 Å². The van der Waals surface area contributed by atoms with Gasteiger partial charge in [-0.1, -0.05) is 19.9 Å². The molecule has 0 spiro atoms. The molecule has 24 heavy (non-hydrogen) atoms. The first-order valence-electron chi connectivity index (χ1n) is 8.84. The van der Waals surface area contributed by atoms with Crippen molar-refractivity contribution in [3.63, 3.8) is 0 Å². The average Bonchev–Trinajstić information content (AvgIpc) is 3.28. The summed E-state index contributed by atoms with van der Waals surface area (Å²) in [5, 5.41) is 5.77. The summed E-state index contributed by atoms with van der Waals surface area (Å²) >= 11 is 1.84. The van der Waals surface area contributed by atoms with Crippen molar-refractivity contribution in [3.8, 4) is 0 Å². The maximum Gasteiger partial charge on any atom is 0.193 e. The molecule has 2 aliphatic heterocycles. The van der Waals surface area contributed by atoms with Gasteiger partial charge in [-0.15, -0.1) is 35.3 Å². The van der Waals surface area contributed by atoms with Crippen molar-refractivity contribution < 1.29 is 0 Å². The minimum atomic E-state index is 0. The van der Waals surface area contributed by atoms with E-state index in [0.29, 0.717) is 0 Å². The van der Waals surface area contributed by atoms with Crippen LogP contribution in [0, 0.1) is 0 Å². The molecule has 2 saturated heterocycles. The van der Waals surface area contributed by atoms with Gasteiger partial charge in [0.15, 0.2) is 5.96 Å². The van der Waals surface area contributed by atoms with Crippen LogP contribution >= 0.6 is 35.3 Å². The quantitative estimate of drug-likeness (QED) is 0.423. The molecule has 1 aromatic heterocycles. The molecular weight excluding hydrogens is 431 g/mol. The molecule has 2 aliphatic rings. The Hall–Kier alpha value is -0.340. The third-order valence-electron chi connectivity index (χ3n) is 5.21. The van der Waals surface area contributed by atoms with Gasteiger partial charge in [-0.2, -0.15) is 0 Å². The Morgan fingerprint density at radius 3 is 2.71 bits per heavy atom. The number of guanidine groups is 1. The molecule has 0 aliphatic carbocycles. The molecule has 0 amide bonds. The van der Waals surface area contributed by atoms with Gasteiger partial charge >= 0.3 is 0 Å². The molecule has 1 unspecified atom stereocenters. The summed E-state index contributed by atoms with van der Waals surface area (Å²) in [7, 11) is 1.91. The third-order valence-corrected chi connectivity index (χ3v) is 6.44. The highest BCUT2D eigenvalue weighted by Crippen LogP contribution is 2.27. The van der Waals surface area contributed by atoms with Gasteiger partial charge in [-0.05, 0) is 43.8 Å². The molecule has 136 valence electrons. The number of aliphatic imine (C=N–C) groups is 1. The Morgan fingerprint density at radius 2 is 2.08 bits per heavy atom. The van der Waals surface area contributed by atoms with E-state index in [4.69, 9.17) is 0 Å². The zero-order chi connectivity index (χ0) is 16.3. The lowest BCUT2D eigenvalue weighted by molar-refractivity contribution is 0.249. The number of nitrogens with zero attached hydrogens (tertiary/aromatic N) is 3. The monoisotopic (exact) mass is 462 g/mol. The first-order chi connectivity index (χ1) is 11.1. The lowest BCUT2D eigenvalue weighted by Gasteiger charge is -2.29. The van der Waals surface area contributed by atoms with Crippen molar-refractivity contribution in [1.29, 1.82) is 0 Å². The summed E-state index contributed by atoms with van der Waals surface area (Å²) in [6.45, 7) is 10.3. The van der Waals surface area contributed by atoms with E-state index in [1.807, 2.05) is 18.4 Å². The lowest BCUT2D eigenvalue weighted by atomic mass is 9.91. The maximum atomic E-state index is 4.53. The highest BCUT2D eigenvalue weighted by Gasteiger charge is 2.31. The van der Waals surface area contributed by atoms with Crippen molar-refractivity contribution in [2.24, 2.45) is 4.99 Å². The summed E-state index contributed by atoms with van der Waals surface area (Å²) in [6.07, 6.45) is 4.02. The smallest absolute Gasteiger partial charge is 0.193 e. The molecule has 4 nitrogen and oxygen atoms in total. The van der Waals surface area contributed by atoms with E-state index in [9.17, 15) is 0 Å². The standard InChI is InChI=1S/C18H30N4S.HI/c1-18(2,16-7-6-12-23-16)14-20-17(19-3)22-11-8-15(13-22)21-9-4-5-10-21;/h6-7,12,15H,4-5,8-11,13-14H2,1-3H3,(H,19,20);1H. The minimum Gasteiger partial charge on any atom is -0.355 e. The highest BCUT2D eigenvalue weighted by atomic mass is 127. The van der Waals surface area contributed by atoms with Gasteiger partial charge in [0, 0.05) is 43.0 Å². The second-order valence-electron chi connectivity index (χ2n) is 7.39. The second-order valence-corrected chi connectivity index (χ2v) is 8.34. The molecule has 0 aromatic carbocycles.